The number of benzene rings is 2. The van der Waals surface area contributed by atoms with Gasteiger partial charge in [-0.3, -0.25) is 19.2 Å². The fraction of sp³-hybridized carbons (Fsp3) is 0.528. The highest BCUT2D eigenvalue weighted by atomic mass is 32.2. The van der Waals surface area contributed by atoms with Crippen molar-refractivity contribution in [2.24, 2.45) is 17.2 Å². The van der Waals surface area contributed by atoms with Crippen molar-refractivity contribution in [1.82, 2.24) is 10.2 Å². The molecule has 0 aliphatic rings. The Morgan fingerprint density at radius 3 is 1.90 bits per heavy atom. The third kappa shape index (κ3) is 29.5. The molecule has 3 unspecified atom stereocenters. The molecule has 0 saturated heterocycles. The number of nitrogens with zero attached hydrogens (tertiary/aromatic N) is 1. The van der Waals surface area contributed by atoms with E-state index in [0.717, 1.165) is 49.1 Å². The number of amides is 1. The van der Waals surface area contributed by atoms with Gasteiger partial charge in [0.25, 0.3) is 0 Å². The zero-order valence-corrected chi connectivity index (χ0v) is 31.6. The summed E-state index contributed by atoms with van der Waals surface area (Å²) in [5.41, 5.74) is 17.2. The van der Waals surface area contributed by atoms with Crippen LogP contribution >= 0.6 is 11.8 Å². The van der Waals surface area contributed by atoms with Crippen LogP contribution in [0.1, 0.15) is 56.6 Å². The highest BCUT2D eigenvalue weighted by Gasteiger charge is 2.20. The minimum Gasteiger partial charge on any atom is -0.508 e. The van der Waals surface area contributed by atoms with Gasteiger partial charge in [0.2, 0.25) is 5.91 Å². The molecule has 3 atom stereocenters. The SMILES string of the molecule is CCCCOC(=O)C(N)CCSC.CN(C)CCCCC(=O)NC(Cc1ccc(O)cc1)C(=O)O.NC(Cc1ccccc1)C(=O)O.NCC(=O)O. The number of hydrogen-bond acceptors (Lipinski definition) is 12. The first-order valence-electron chi connectivity index (χ1n) is 16.9. The van der Waals surface area contributed by atoms with Crippen molar-refractivity contribution >= 4 is 41.5 Å². The number of aliphatic carboxylic acids is 3. The molecule has 11 N–H and O–H groups in total. The lowest BCUT2D eigenvalue weighted by Gasteiger charge is -2.15. The van der Waals surface area contributed by atoms with Crippen molar-refractivity contribution in [3.05, 3.63) is 65.7 Å². The lowest BCUT2D eigenvalue weighted by Crippen LogP contribution is -2.42. The van der Waals surface area contributed by atoms with Gasteiger partial charge < -0.3 is 52.6 Å². The Labute approximate surface area is 311 Å². The molecule has 0 fully saturated rings. The summed E-state index contributed by atoms with van der Waals surface area (Å²) in [4.78, 5) is 55.9. The number of rotatable bonds is 20. The number of carbonyl (C=O) groups excluding carboxylic acids is 2. The molecular weight excluding hydrogens is 694 g/mol. The summed E-state index contributed by atoms with van der Waals surface area (Å²) in [6.45, 7) is 3.19. The molecule has 2 rings (SSSR count). The molecular formula is C36H59N5O10S. The highest BCUT2D eigenvalue weighted by Crippen LogP contribution is 2.12. The highest BCUT2D eigenvalue weighted by molar-refractivity contribution is 7.98. The van der Waals surface area contributed by atoms with E-state index in [1.807, 2.05) is 55.6 Å². The van der Waals surface area contributed by atoms with Crippen molar-refractivity contribution < 1.29 is 49.1 Å². The minimum atomic E-state index is -1.06. The van der Waals surface area contributed by atoms with E-state index in [4.69, 9.17) is 26.4 Å². The summed E-state index contributed by atoms with van der Waals surface area (Å²) in [6, 6.07) is 13.4. The summed E-state index contributed by atoms with van der Waals surface area (Å²) < 4.78 is 4.97. The van der Waals surface area contributed by atoms with Crippen molar-refractivity contribution in [2.75, 3.05) is 45.8 Å². The molecule has 0 spiro atoms. The van der Waals surface area contributed by atoms with E-state index in [0.29, 0.717) is 25.9 Å². The number of phenolic OH excluding ortho intramolecular Hbond substituents is 1. The van der Waals surface area contributed by atoms with E-state index in [9.17, 15) is 34.2 Å². The molecule has 15 nitrogen and oxygen atoms in total. The molecule has 0 radical (unpaired) electrons. The Kier molecular flexibility index (Phi) is 30.2. The van der Waals surface area contributed by atoms with Gasteiger partial charge in [-0.1, -0.05) is 55.8 Å². The van der Waals surface area contributed by atoms with Crippen LogP contribution < -0.4 is 22.5 Å². The average Bonchev–Trinajstić information content (AvgIpc) is 3.10. The number of unbranched alkanes of at least 4 members (excludes halogenated alkanes) is 2. The second-order valence-electron chi connectivity index (χ2n) is 11.7. The van der Waals surface area contributed by atoms with Gasteiger partial charge in [-0.25, -0.2) is 4.79 Å². The van der Waals surface area contributed by atoms with Crippen LogP contribution in [0.3, 0.4) is 0 Å². The van der Waals surface area contributed by atoms with Gasteiger partial charge >= 0.3 is 23.9 Å². The fourth-order valence-electron chi connectivity index (χ4n) is 3.79. The number of thioether (sulfide) groups is 1. The minimum absolute atomic E-state index is 0.126. The maximum absolute atomic E-state index is 11.8. The van der Waals surface area contributed by atoms with Crippen LogP contribution in [0.15, 0.2) is 54.6 Å². The quantitative estimate of drug-likeness (QED) is 0.0712. The summed E-state index contributed by atoms with van der Waals surface area (Å²) in [5.74, 6) is -2.46. The monoisotopic (exact) mass is 753 g/mol. The molecule has 294 valence electrons. The smallest absolute Gasteiger partial charge is 0.326 e. The number of phenols is 1. The van der Waals surface area contributed by atoms with Crippen LogP contribution in [0.25, 0.3) is 0 Å². The number of carbonyl (C=O) groups is 5. The van der Waals surface area contributed by atoms with Gasteiger partial charge in [0.15, 0.2) is 0 Å². The second-order valence-corrected chi connectivity index (χ2v) is 12.7. The number of carboxylic acid groups (broad SMARTS) is 3. The number of ether oxygens (including phenoxy) is 1. The first-order chi connectivity index (χ1) is 24.6. The fourth-order valence-corrected chi connectivity index (χ4v) is 4.28. The Morgan fingerprint density at radius 2 is 1.42 bits per heavy atom. The predicted molar refractivity (Wildman–Crippen MR) is 203 cm³/mol. The third-order valence-electron chi connectivity index (χ3n) is 6.74. The molecule has 16 heteroatoms. The summed E-state index contributed by atoms with van der Waals surface area (Å²) >= 11 is 1.69. The summed E-state index contributed by atoms with van der Waals surface area (Å²) in [7, 11) is 3.94. The number of nitrogens with one attached hydrogen (secondary N) is 1. The molecule has 2 aromatic carbocycles. The molecule has 0 aromatic heterocycles. The number of aromatic hydroxyl groups is 1. The normalized spacial score (nSPS) is 11.8. The van der Waals surface area contributed by atoms with Crippen molar-refractivity contribution in [1.29, 1.82) is 0 Å². The molecule has 1 amide bonds. The second kappa shape index (κ2) is 31.5. The van der Waals surface area contributed by atoms with Gasteiger partial charge in [-0.2, -0.15) is 11.8 Å². The van der Waals surface area contributed by atoms with Crippen LogP contribution in [0.4, 0.5) is 0 Å². The first kappa shape index (κ1) is 49.9. The Morgan fingerprint density at radius 1 is 0.846 bits per heavy atom. The van der Waals surface area contributed by atoms with Crippen LogP contribution in [0.2, 0.25) is 0 Å². The zero-order valence-electron chi connectivity index (χ0n) is 30.7. The van der Waals surface area contributed by atoms with E-state index in [-0.39, 0.29) is 30.6 Å². The van der Waals surface area contributed by atoms with Gasteiger partial charge in [0.05, 0.1) is 13.2 Å². The van der Waals surface area contributed by atoms with E-state index in [2.05, 4.69) is 18.0 Å². The molecule has 2 aromatic rings. The van der Waals surface area contributed by atoms with Crippen LogP contribution in [-0.4, -0.2) is 119 Å². The number of hydrogen-bond donors (Lipinski definition) is 8. The maximum atomic E-state index is 11.8. The molecule has 0 aliphatic heterocycles. The van der Waals surface area contributed by atoms with Gasteiger partial charge in [0, 0.05) is 12.8 Å². The Balaban J connectivity index is 0. The molecule has 0 bridgehead atoms. The lowest BCUT2D eigenvalue weighted by molar-refractivity contribution is -0.145. The summed E-state index contributed by atoms with van der Waals surface area (Å²) in [6.07, 6.45) is 7.18. The van der Waals surface area contributed by atoms with Gasteiger partial charge in [-0.05, 0) is 88.0 Å². The third-order valence-corrected chi connectivity index (χ3v) is 7.38. The lowest BCUT2D eigenvalue weighted by atomic mass is 10.1. The zero-order chi connectivity index (χ0) is 39.9. The number of carboxylic acids is 3. The topological polar surface area (TPSA) is 269 Å². The standard InChI is InChI=1S/C16H24N2O4.C9H19NO2S.C9H11NO2.C2H5NO2/c1-18(2)10-4-3-5-15(20)17-14(16(21)22)11-12-6-8-13(19)9-7-12;1-3-4-6-12-9(11)8(10)5-7-13-2;10-8(9(11)12)6-7-4-2-1-3-5-7;3-1-2(4)5/h6-9,14,19H,3-5,10-11H2,1-2H3,(H,17,20)(H,21,22);8H,3-7,10H2,1-2H3;1-5,8H,6,10H2,(H,11,12);1,3H2,(H,4,5). The average molecular weight is 754 g/mol. The van der Waals surface area contributed by atoms with Gasteiger partial charge in [-0.15, -0.1) is 0 Å². The molecule has 0 aliphatic carbocycles. The molecule has 0 saturated carbocycles. The van der Waals surface area contributed by atoms with E-state index in [1.165, 1.54) is 12.1 Å². The van der Waals surface area contributed by atoms with E-state index in [1.54, 1.807) is 23.9 Å². The molecule has 52 heavy (non-hydrogen) atoms. The number of nitrogens with two attached hydrogens (primary N) is 3. The van der Waals surface area contributed by atoms with Gasteiger partial charge in [0.1, 0.15) is 23.9 Å². The largest absolute Gasteiger partial charge is 0.508 e. The van der Waals surface area contributed by atoms with E-state index >= 15 is 0 Å². The van der Waals surface area contributed by atoms with Crippen molar-refractivity contribution in [2.45, 2.75) is 76.4 Å². The molecule has 0 heterocycles. The first-order valence-corrected chi connectivity index (χ1v) is 18.3. The van der Waals surface area contributed by atoms with Crippen LogP contribution in [0, 0.1) is 0 Å². The Hall–Kier alpha value is -4.22. The summed E-state index contributed by atoms with van der Waals surface area (Å²) in [5, 5.41) is 37.1. The Bertz CT molecular complexity index is 1270. The number of esters is 1. The van der Waals surface area contributed by atoms with E-state index < -0.39 is 36.0 Å². The maximum Gasteiger partial charge on any atom is 0.326 e. The van der Waals surface area contributed by atoms with Crippen LogP contribution in [-0.2, 0) is 41.6 Å². The van der Waals surface area contributed by atoms with Crippen LogP contribution in [0.5, 0.6) is 5.75 Å². The van der Waals surface area contributed by atoms with Crippen molar-refractivity contribution in [3.63, 3.8) is 0 Å². The van der Waals surface area contributed by atoms with Crippen molar-refractivity contribution in [3.8, 4) is 5.75 Å². The predicted octanol–water partition coefficient (Wildman–Crippen LogP) is 2.32.